The molecule has 1 amide bonds. The van der Waals surface area contributed by atoms with E-state index in [2.05, 4.69) is 15.1 Å². The molecule has 0 aliphatic carbocycles. The summed E-state index contributed by atoms with van der Waals surface area (Å²) in [6, 6.07) is 7.48. The molecule has 0 aliphatic rings. The van der Waals surface area contributed by atoms with Crippen LogP contribution in [0, 0.1) is 0 Å². The number of carbonyl (C=O) groups is 2. The molecule has 1 aromatic carbocycles. The molecule has 0 atom stereocenters. The molecule has 2 rings (SSSR count). The molecule has 2 N–H and O–H groups in total. The monoisotopic (exact) mass is 380 g/mol. The lowest BCUT2D eigenvalue weighted by molar-refractivity contribution is -0.143. The van der Waals surface area contributed by atoms with Gasteiger partial charge in [0.2, 0.25) is 15.9 Å². The first-order valence-electron chi connectivity index (χ1n) is 7.87. The number of amides is 1. The van der Waals surface area contributed by atoms with Crippen LogP contribution in [0.2, 0.25) is 0 Å². The molecule has 0 aliphatic heterocycles. The molecule has 1 heterocycles. The Labute approximate surface area is 151 Å². The number of ether oxygens (including phenoxy) is 1. The normalized spacial score (nSPS) is 11.1. The molecule has 0 saturated heterocycles. The van der Waals surface area contributed by atoms with Crippen molar-refractivity contribution in [1.82, 2.24) is 14.5 Å². The van der Waals surface area contributed by atoms with Crippen LogP contribution < -0.4 is 10.0 Å². The van der Waals surface area contributed by atoms with Crippen LogP contribution in [-0.2, 0) is 30.9 Å². The van der Waals surface area contributed by atoms with Crippen LogP contribution >= 0.6 is 0 Å². The van der Waals surface area contributed by atoms with Crippen LogP contribution in [0.4, 0.5) is 5.69 Å². The average Bonchev–Trinajstić information content (AvgIpc) is 3.08. The fourth-order valence-electron chi connectivity index (χ4n) is 2.05. The van der Waals surface area contributed by atoms with E-state index in [-0.39, 0.29) is 30.4 Å². The molecule has 140 valence electrons. The van der Waals surface area contributed by atoms with Gasteiger partial charge in [-0.3, -0.25) is 14.3 Å². The number of anilines is 1. The van der Waals surface area contributed by atoms with Crippen LogP contribution in [0.1, 0.15) is 13.3 Å². The van der Waals surface area contributed by atoms with Gasteiger partial charge >= 0.3 is 5.97 Å². The van der Waals surface area contributed by atoms with Crippen molar-refractivity contribution in [2.45, 2.75) is 24.8 Å². The number of hydrogen-bond acceptors (Lipinski definition) is 6. The third-order valence-corrected chi connectivity index (χ3v) is 4.73. The highest BCUT2D eigenvalue weighted by Crippen LogP contribution is 2.13. The molecule has 1 aromatic heterocycles. The van der Waals surface area contributed by atoms with Gasteiger partial charge in [0.05, 0.1) is 17.9 Å². The largest absolute Gasteiger partial charge is 0.464 e. The van der Waals surface area contributed by atoms with Crippen LogP contribution in [-0.4, -0.2) is 43.2 Å². The first-order valence-corrected chi connectivity index (χ1v) is 9.35. The minimum atomic E-state index is -3.74. The molecule has 10 heteroatoms. The summed E-state index contributed by atoms with van der Waals surface area (Å²) in [5, 5.41) is 6.52. The van der Waals surface area contributed by atoms with E-state index >= 15 is 0 Å². The van der Waals surface area contributed by atoms with Crippen molar-refractivity contribution in [1.29, 1.82) is 0 Å². The third-order valence-electron chi connectivity index (χ3n) is 3.25. The van der Waals surface area contributed by atoms with E-state index in [0.29, 0.717) is 12.2 Å². The molecule has 0 radical (unpaired) electrons. The Hall–Kier alpha value is -2.72. The molecule has 0 saturated carbocycles. The van der Waals surface area contributed by atoms with Gasteiger partial charge in [-0.05, 0) is 30.3 Å². The first-order chi connectivity index (χ1) is 12.4. The smallest absolute Gasteiger partial charge is 0.307 e. The maximum atomic E-state index is 12.2. The molecule has 0 bridgehead atoms. The Balaban J connectivity index is 1.74. The predicted molar refractivity (Wildman–Crippen MR) is 93.7 cm³/mol. The van der Waals surface area contributed by atoms with Gasteiger partial charge < -0.3 is 10.1 Å². The van der Waals surface area contributed by atoms with Crippen molar-refractivity contribution in [3.8, 4) is 0 Å². The summed E-state index contributed by atoms with van der Waals surface area (Å²) in [6.07, 6.45) is 3.29. The van der Waals surface area contributed by atoms with Crippen molar-refractivity contribution in [2.75, 3.05) is 18.5 Å². The van der Waals surface area contributed by atoms with Gasteiger partial charge in [-0.2, -0.15) is 5.10 Å². The molecule has 9 nitrogen and oxygen atoms in total. The second-order valence-corrected chi connectivity index (χ2v) is 7.11. The fourth-order valence-corrected chi connectivity index (χ4v) is 3.08. The lowest BCUT2D eigenvalue weighted by atomic mass is 10.3. The Kier molecular flexibility index (Phi) is 6.87. The van der Waals surface area contributed by atoms with E-state index in [0.717, 1.165) is 0 Å². The second kappa shape index (κ2) is 9.11. The van der Waals surface area contributed by atoms with Crippen molar-refractivity contribution in [2.24, 2.45) is 0 Å². The van der Waals surface area contributed by atoms with Crippen molar-refractivity contribution in [3.63, 3.8) is 0 Å². The summed E-state index contributed by atoms with van der Waals surface area (Å²) in [6.45, 7) is 1.89. The van der Waals surface area contributed by atoms with Gasteiger partial charge in [0.1, 0.15) is 6.61 Å². The number of aromatic nitrogens is 2. The number of nitrogens with one attached hydrogen (secondary N) is 2. The minimum absolute atomic E-state index is 0.0404. The zero-order chi connectivity index (χ0) is 19.0. The average molecular weight is 380 g/mol. The molecular weight excluding hydrogens is 360 g/mol. The molecule has 26 heavy (non-hydrogen) atoms. The second-order valence-electron chi connectivity index (χ2n) is 5.34. The van der Waals surface area contributed by atoms with Gasteiger partial charge in [0.25, 0.3) is 0 Å². The lowest BCUT2D eigenvalue weighted by Gasteiger charge is -2.08. The number of benzene rings is 1. The van der Waals surface area contributed by atoms with Gasteiger partial charge in [0.15, 0.2) is 0 Å². The highest BCUT2D eigenvalue weighted by molar-refractivity contribution is 7.89. The fraction of sp³-hybridized carbons (Fsp3) is 0.312. The van der Waals surface area contributed by atoms with Gasteiger partial charge in [-0.15, -0.1) is 0 Å². The first kappa shape index (κ1) is 19.6. The Morgan fingerprint density at radius 2 is 1.96 bits per heavy atom. The molecule has 0 spiro atoms. The minimum Gasteiger partial charge on any atom is -0.464 e. The van der Waals surface area contributed by atoms with Crippen LogP contribution in [0.3, 0.4) is 0 Å². The van der Waals surface area contributed by atoms with Gasteiger partial charge in [-0.25, -0.2) is 13.1 Å². The van der Waals surface area contributed by atoms with E-state index < -0.39 is 16.0 Å². The maximum Gasteiger partial charge on any atom is 0.307 e. The third kappa shape index (κ3) is 6.30. The summed E-state index contributed by atoms with van der Waals surface area (Å²) in [4.78, 5) is 22.6. The molecule has 2 aromatic rings. The lowest BCUT2D eigenvalue weighted by Crippen LogP contribution is -2.27. The zero-order valence-corrected chi connectivity index (χ0v) is 15.0. The Morgan fingerprint density at radius 3 is 2.58 bits per heavy atom. The predicted octanol–water partition coefficient (Wildman–Crippen LogP) is 0.753. The van der Waals surface area contributed by atoms with Crippen molar-refractivity contribution in [3.05, 3.63) is 42.7 Å². The van der Waals surface area contributed by atoms with Gasteiger partial charge in [0, 0.05) is 31.5 Å². The number of rotatable bonds is 9. The Bertz CT molecular complexity index is 832. The standard InChI is InChI=1S/C16H20N4O5S/c1-13(21)19-14-3-5-15(6-4-14)26(23,24)18-9-7-16(22)25-12-11-20-10-2-8-17-20/h2-6,8,10,18H,7,9,11-12H2,1H3,(H,19,21). The van der Waals surface area contributed by atoms with E-state index in [1.807, 2.05) is 0 Å². The number of hydrogen-bond donors (Lipinski definition) is 2. The molecular formula is C16H20N4O5S. The van der Waals surface area contributed by atoms with Crippen LogP contribution in [0.25, 0.3) is 0 Å². The number of esters is 1. The quantitative estimate of drug-likeness (QED) is 0.620. The summed E-state index contributed by atoms with van der Waals surface area (Å²) < 4.78 is 33.3. The molecule has 0 fully saturated rings. The van der Waals surface area contributed by atoms with E-state index in [1.54, 1.807) is 23.1 Å². The van der Waals surface area contributed by atoms with Gasteiger partial charge in [-0.1, -0.05) is 0 Å². The maximum absolute atomic E-state index is 12.2. The van der Waals surface area contributed by atoms with E-state index in [1.165, 1.54) is 31.2 Å². The van der Waals surface area contributed by atoms with E-state index in [4.69, 9.17) is 4.74 Å². The SMILES string of the molecule is CC(=O)Nc1ccc(S(=O)(=O)NCCC(=O)OCCn2cccn2)cc1. The van der Waals surface area contributed by atoms with Crippen molar-refractivity contribution >= 4 is 27.6 Å². The Morgan fingerprint density at radius 1 is 1.23 bits per heavy atom. The summed E-state index contributed by atoms with van der Waals surface area (Å²) in [5.74, 6) is -0.745. The highest BCUT2D eigenvalue weighted by atomic mass is 32.2. The zero-order valence-electron chi connectivity index (χ0n) is 14.2. The summed E-state index contributed by atoms with van der Waals surface area (Å²) in [7, 11) is -3.74. The molecule has 0 unspecified atom stereocenters. The summed E-state index contributed by atoms with van der Waals surface area (Å²) in [5.41, 5.74) is 0.497. The number of carbonyl (C=O) groups excluding carboxylic acids is 2. The van der Waals surface area contributed by atoms with Crippen LogP contribution in [0.15, 0.2) is 47.6 Å². The number of nitrogens with zero attached hydrogens (tertiary/aromatic N) is 2. The summed E-state index contributed by atoms with van der Waals surface area (Å²) >= 11 is 0. The van der Waals surface area contributed by atoms with Crippen LogP contribution in [0.5, 0.6) is 0 Å². The number of sulfonamides is 1. The van der Waals surface area contributed by atoms with E-state index in [9.17, 15) is 18.0 Å². The van der Waals surface area contributed by atoms with Crippen molar-refractivity contribution < 1.29 is 22.7 Å². The highest BCUT2D eigenvalue weighted by Gasteiger charge is 2.14. The topological polar surface area (TPSA) is 119 Å².